The molecule has 0 aliphatic carbocycles. The van der Waals surface area contributed by atoms with Gasteiger partial charge < -0.3 is 9.73 Å². The molecule has 0 aliphatic heterocycles. The first-order valence-corrected chi connectivity index (χ1v) is 3.06. The van der Waals surface area contributed by atoms with E-state index in [4.69, 9.17) is 10.3 Å². The molecule has 1 aromatic rings. The van der Waals surface area contributed by atoms with Crippen LogP contribution in [0.15, 0.2) is 16.5 Å². The minimum absolute atomic E-state index is 0.507. The van der Waals surface area contributed by atoms with Gasteiger partial charge in [-0.3, -0.25) is 5.84 Å². The van der Waals surface area contributed by atoms with Crippen molar-refractivity contribution in [3.63, 3.8) is 0 Å². The Morgan fingerprint density at radius 2 is 2.40 bits per heavy atom. The number of hydrogen-bond donors (Lipinski definition) is 3. The number of aryl methyl sites for hydroxylation is 1. The zero-order valence-corrected chi connectivity index (χ0v) is 5.85. The van der Waals surface area contributed by atoms with Gasteiger partial charge in [-0.05, 0) is 13.0 Å². The summed E-state index contributed by atoms with van der Waals surface area (Å²) in [5, 5.41) is 2.91. The highest BCUT2D eigenvalue weighted by Crippen LogP contribution is 2.10. The number of nitrogens with two attached hydrogens (primary N) is 1. The maximum atomic E-state index is 5.18. The quantitative estimate of drug-likeness (QED) is 0.324. The molecule has 0 bridgehead atoms. The fourth-order valence-corrected chi connectivity index (χ4v) is 0.668. The molecule has 56 valence electrons. The molecular formula is C6H11N3O. The number of furan rings is 1. The first kappa shape index (κ1) is 7.11. The molecule has 1 aromatic heterocycles. The molecule has 1 rings (SSSR count). The van der Waals surface area contributed by atoms with E-state index in [1.165, 1.54) is 0 Å². The van der Waals surface area contributed by atoms with Crippen LogP contribution in [0.4, 0.5) is 5.88 Å². The summed E-state index contributed by atoms with van der Waals surface area (Å²) < 4.78 is 5.18. The van der Waals surface area contributed by atoms with Gasteiger partial charge in [0.25, 0.3) is 0 Å². The van der Waals surface area contributed by atoms with Crippen molar-refractivity contribution < 1.29 is 4.42 Å². The van der Waals surface area contributed by atoms with Crippen LogP contribution in [0.2, 0.25) is 0 Å². The van der Waals surface area contributed by atoms with Gasteiger partial charge in [0, 0.05) is 6.07 Å². The standard InChI is InChI=1S/C6H11N3O/c1-5-2-3-6(10-5)8-4-9-7/h2-3,8-9H,4,7H2,1H3. The molecule has 0 aliphatic rings. The largest absolute Gasteiger partial charge is 0.446 e. The molecule has 0 aromatic carbocycles. The summed E-state index contributed by atoms with van der Waals surface area (Å²) in [6, 6.07) is 3.74. The second-order valence-corrected chi connectivity index (χ2v) is 1.97. The van der Waals surface area contributed by atoms with Gasteiger partial charge in [-0.25, -0.2) is 5.43 Å². The van der Waals surface area contributed by atoms with Crippen LogP contribution in [-0.4, -0.2) is 6.67 Å². The fourth-order valence-electron chi connectivity index (χ4n) is 0.668. The van der Waals surface area contributed by atoms with Gasteiger partial charge in [0.1, 0.15) is 5.76 Å². The van der Waals surface area contributed by atoms with Crippen molar-refractivity contribution >= 4 is 5.88 Å². The Kier molecular flexibility index (Phi) is 2.30. The molecule has 4 nitrogen and oxygen atoms in total. The lowest BCUT2D eigenvalue weighted by Crippen LogP contribution is -2.28. The van der Waals surface area contributed by atoms with Crippen LogP contribution in [0.3, 0.4) is 0 Å². The molecule has 10 heavy (non-hydrogen) atoms. The average Bonchev–Trinajstić information content (AvgIpc) is 2.31. The summed E-state index contributed by atoms with van der Waals surface area (Å²) >= 11 is 0. The Morgan fingerprint density at radius 1 is 1.60 bits per heavy atom. The zero-order chi connectivity index (χ0) is 7.40. The van der Waals surface area contributed by atoms with Crippen LogP contribution in [0.25, 0.3) is 0 Å². The lowest BCUT2D eigenvalue weighted by Gasteiger charge is -1.98. The molecule has 0 unspecified atom stereocenters. The normalized spacial score (nSPS) is 9.80. The van der Waals surface area contributed by atoms with Crippen molar-refractivity contribution in [3.8, 4) is 0 Å². The van der Waals surface area contributed by atoms with E-state index in [0.29, 0.717) is 6.67 Å². The lowest BCUT2D eigenvalue weighted by atomic mass is 10.5. The Bertz CT molecular complexity index is 197. The summed E-state index contributed by atoms with van der Waals surface area (Å²) in [7, 11) is 0. The van der Waals surface area contributed by atoms with Gasteiger partial charge in [-0.1, -0.05) is 0 Å². The maximum Gasteiger partial charge on any atom is 0.194 e. The van der Waals surface area contributed by atoms with Crippen LogP contribution >= 0.6 is 0 Å². The molecule has 0 spiro atoms. The Balaban J connectivity index is 2.42. The number of anilines is 1. The third-order valence-corrected chi connectivity index (χ3v) is 1.11. The van der Waals surface area contributed by atoms with Gasteiger partial charge in [0.2, 0.25) is 0 Å². The molecule has 0 radical (unpaired) electrons. The van der Waals surface area contributed by atoms with E-state index in [1.54, 1.807) is 0 Å². The SMILES string of the molecule is Cc1ccc(NCNN)o1. The van der Waals surface area contributed by atoms with Gasteiger partial charge in [-0.2, -0.15) is 0 Å². The van der Waals surface area contributed by atoms with Crippen molar-refractivity contribution in [2.24, 2.45) is 5.84 Å². The predicted molar refractivity (Wildman–Crippen MR) is 39.3 cm³/mol. The van der Waals surface area contributed by atoms with E-state index in [9.17, 15) is 0 Å². The molecule has 1 heterocycles. The van der Waals surface area contributed by atoms with E-state index in [0.717, 1.165) is 11.6 Å². The van der Waals surface area contributed by atoms with Crippen LogP contribution < -0.4 is 16.6 Å². The number of hydrogen-bond acceptors (Lipinski definition) is 4. The van der Waals surface area contributed by atoms with E-state index in [2.05, 4.69) is 10.7 Å². The van der Waals surface area contributed by atoms with E-state index in [1.807, 2.05) is 19.1 Å². The smallest absolute Gasteiger partial charge is 0.194 e. The summed E-state index contributed by atoms with van der Waals surface area (Å²) in [4.78, 5) is 0. The topological polar surface area (TPSA) is 63.2 Å². The highest BCUT2D eigenvalue weighted by Gasteiger charge is 1.93. The van der Waals surface area contributed by atoms with Crippen LogP contribution in [-0.2, 0) is 0 Å². The highest BCUT2D eigenvalue weighted by molar-refractivity contribution is 5.31. The Morgan fingerprint density at radius 3 is 2.90 bits per heavy atom. The van der Waals surface area contributed by atoms with Gasteiger partial charge >= 0.3 is 0 Å². The van der Waals surface area contributed by atoms with E-state index in [-0.39, 0.29) is 0 Å². The van der Waals surface area contributed by atoms with E-state index < -0.39 is 0 Å². The number of nitrogens with one attached hydrogen (secondary N) is 2. The molecule has 0 fully saturated rings. The molecular weight excluding hydrogens is 130 g/mol. The first-order valence-electron chi connectivity index (χ1n) is 3.06. The summed E-state index contributed by atoms with van der Waals surface area (Å²) in [6.07, 6.45) is 0. The summed E-state index contributed by atoms with van der Waals surface area (Å²) in [5.74, 6) is 6.65. The van der Waals surface area contributed by atoms with Crippen molar-refractivity contribution in [3.05, 3.63) is 17.9 Å². The van der Waals surface area contributed by atoms with Crippen molar-refractivity contribution in [2.45, 2.75) is 6.92 Å². The number of hydrazine groups is 1. The third-order valence-electron chi connectivity index (χ3n) is 1.11. The Labute approximate surface area is 59.4 Å². The molecule has 4 N–H and O–H groups in total. The first-order chi connectivity index (χ1) is 4.83. The average molecular weight is 141 g/mol. The number of rotatable bonds is 3. The predicted octanol–water partition coefficient (Wildman–Crippen LogP) is 0.421. The van der Waals surface area contributed by atoms with Gasteiger partial charge in [0.05, 0.1) is 6.67 Å². The monoisotopic (exact) mass is 141 g/mol. The second-order valence-electron chi connectivity index (χ2n) is 1.97. The van der Waals surface area contributed by atoms with Crippen LogP contribution in [0.1, 0.15) is 5.76 Å². The van der Waals surface area contributed by atoms with Gasteiger partial charge in [-0.15, -0.1) is 0 Å². The van der Waals surface area contributed by atoms with Crippen molar-refractivity contribution in [1.29, 1.82) is 0 Å². The fraction of sp³-hybridized carbons (Fsp3) is 0.333. The molecule has 0 saturated heterocycles. The zero-order valence-electron chi connectivity index (χ0n) is 5.85. The maximum absolute atomic E-state index is 5.18. The summed E-state index contributed by atoms with van der Waals surface area (Å²) in [5.41, 5.74) is 2.45. The summed E-state index contributed by atoms with van der Waals surface area (Å²) in [6.45, 7) is 2.40. The molecule has 0 saturated carbocycles. The highest BCUT2D eigenvalue weighted by atomic mass is 16.4. The third kappa shape index (κ3) is 1.75. The molecule has 4 heteroatoms. The van der Waals surface area contributed by atoms with Crippen molar-refractivity contribution in [1.82, 2.24) is 5.43 Å². The minimum atomic E-state index is 0.507. The molecule has 0 amide bonds. The lowest BCUT2D eigenvalue weighted by molar-refractivity contribution is 0.543. The van der Waals surface area contributed by atoms with Gasteiger partial charge in [0.15, 0.2) is 5.88 Å². The van der Waals surface area contributed by atoms with Crippen LogP contribution in [0, 0.1) is 6.92 Å². The minimum Gasteiger partial charge on any atom is -0.446 e. The van der Waals surface area contributed by atoms with Crippen molar-refractivity contribution in [2.75, 3.05) is 12.0 Å². The second kappa shape index (κ2) is 3.24. The van der Waals surface area contributed by atoms with E-state index >= 15 is 0 Å². The van der Waals surface area contributed by atoms with Crippen LogP contribution in [0.5, 0.6) is 0 Å². The molecule has 0 atom stereocenters. The Hall–Kier alpha value is -1.00.